The molecule has 2 heteroatoms. The van der Waals surface area contributed by atoms with Gasteiger partial charge < -0.3 is 10.1 Å². The third kappa shape index (κ3) is 1.64. The van der Waals surface area contributed by atoms with Crippen LogP contribution < -0.4 is 5.32 Å². The summed E-state index contributed by atoms with van der Waals surface area (Å²) in [6.07, 6.45) is 2.42. The molecule has 1 fully saturated rings. The first kappa shape index (κ1) is 10.0. The fourth-order valence-electron chi connectivity index (χ4n) is 1.94. The van der Waals surface area contributed by atoms with Crippen molar-refractivity contribution in [1.82, 2.24) is 5.32 Å². The van der Waals surface area contributed by atoms with E-state index >= 15 is 0 Å². The summed E-state index contributed by atoms with van der Waals surface area (Å²) in [5.74, 6) is 0. The van der Waals surface area contributed by atoms with Crippen LogP contribution in [0, 0.1) is 5.41 Å². The second kappa shape index (κ2) is 3.35. The first-order valence-corrected chi connectivity index (χ1v) is 4.76. The zero-order valence-electron chi connectivity index (χ0n) is 8.74. The van der Waals surface area contributed by atoms with E-state index in [2.05, 4.69) is 26.1 Å². The zero-order valence-corrected chi connectivity index (χ0v) is 8.74. The van der Waals surface area contributed by atoms with Crippen LogP contribution in [0.3, 0.4) is 0 Å². The van der Waals surface area contributed by atoms with Gasteiger partial charge in [-0.05, 0) is 38.6 Å². The Morgan fingerprint density at radius 2 is 2.00 bits per heavy atom. The lowest BCUT2D eigenvalue weighted by molar-refractivity contribution is 0.107. The predicted octanol–water partition coefficient (Wildman–Crippen LogP) is 1.80. The van der Waals surface area contributed by atoms with Crippen molar-refractivity contribution in [2.75, 3.05) is 20.3 Å². The van der Waals surface area contributed by atoms with Gasteiger partial charge in [0.2, 0.25) is 0 Å². The lowest BCUT2D eigenvalue weighted by Crippen LogP contribution is -2.45. The molecule has 0 aliphatic carbocycles. The molecular weight excluding hydrogens is 150 g/mol. The van der Waals surface area contributed by atoms with E-state index in [1.807, 2.05) is 0 Å². The van der Waals surface area contributed by atoms with Gasteiger partial charge in [-0.1, -0.05) is 6.92 Å². The Morgan fingerprint density at radius 1 is 1.33 bits per heavy atom. The van der Waals surface area contributed by atoms with Gasteiger partial charge in [0, 0.05) is 19.3 Å². The maximum atomic E-state index is 5.13. The van der Waals surface area contributed by atoms with Crippen molar-refractivity contribution in [3.8, 4) is 0 Å². The summed E-state index contributed by atoms with van der Waals surface area (Å²) in [7, 11) is 1.78. The molecule has 0 aromatic rings. The van der Waals surface area contributed by atoms with Crippen LogP contribution >= 0.6 is 0 Å². The molecule has 1 aliphatic rings. The topological polar surface area (TPSA) is 21.3 Å². The number of hydrogen-bond donors (Lipinski definition) is 1. The van der Waals surface area contributed by atoms with E-state index in [-0.39, 0.29) is 5.54 Å². The molecule has 0 radical (unpaired) electrons. The fourth-order valence-corrected chi connectivity index (χ4v) is 1.94. The van der Waals surface area contributed by atoms with E-state index in [9.17, 15) is 0 Å². The van der Waals surface area contributed by atoms with Gasteiger partial charge in [0.05, 0.1) is 0 Å². The number of ether oxygens (including phenoxy) is 1. The van der Waals surface area contributed by atoms with Crippen LogP contribution in [0.15, 0.2) is 0 Å². The number of hydrogen-bond acceptors (Lipinski definition) is 2. The number of methoxy groups -OCH3 is 1. The molecule has 1 heterocycles. The fraction of sp³-hybridized carbons (Fsp3) is 1.00. The predicted molar refractivity (Wildman–Crippen MR) is 51.3 cm³/mol. The maximum Gasteiger partial charge on any atom is 0.0468 e. The minimum atomic E-state index is 0.269. The molecule has 1 N–H and O–H groups in total. The van der Waals surface area contributed by atoms with Crippen LogP contribution in [0.5, 0.6) is 0 Å². The van der Waals surface area contributed by atoms with E-state index in [1.54, 1.807) is 7.11 Å². The van der Waals surface area contributed by atoms with Crippen LogP contribution in [0.1, 0.15) is 33.6 Å². The van der Waals surface area contributed by atoms with Gasteiger partial charge >= 0.3 is 0 Å². The molecule has 72 valence electrons. The van der Waals surface area contributed by atoms with E-state index in [4.69, 9.17) is 4.74 Å². The zero-order chi connectivity index (χ0) is 9.24. The van der Waals surface area contributed by atoms with Crippen LogP contribution in [-0.4, -0.2) is 25.8 Å². The lowest BCUT2D eigenvalue weighted by atomic mass is 9.72. The molecule has 1 rings (SSSR count). The second-order valence-corrected chi connectivity index (χ2v) is 4.61. The van der Waals surface area contributed by atoms with Gasteiger partial charge in [0.1, 0.15) is 0 Å². The second-order valence-electron chi connectivity index (χ2n) is 4.61. The quantitative estimate of drug-likeness (QED) is 0.699. The van der Waals surface area contributed by atoms with Gasteiger partial charge in [-0.15, -0.1) is 0 Å². The monoisotopic (exact) mass is 171 g/mol. The first-order chi connectivity index (χ1) is 5.52. The van der Waals surface area contributed by atoms with Crippen LogP contribution in [0.25, 0.3) is 0 Å². The Morgan fingerprint density at radius 3 is 2.42 bits per heavy atom. The molecule has 0 spiro atoms. The van der Waals surface area contributed by atoms with Crippen LogP contribution in [0.4, 0.5) is 0 Å². The van der Waals surface area contributed by atoms with Gasteiger partial charge in [-0.2, -0.15) is 0 Å². The average molecular weight is 171 g/mol. The van der Waals surface area contributed by atoms with E-state index in [0.717, 1.165) is 19.6 Å². The molecule has 0 amide bonds. The Labute approximate surface area is 75.7 Å². The molecule has 0 saturated carbocycles. The van der Waals surface area contributed by atoms with Crippen molar-refractivity contribution in [3.05, 3.63) is 0 Å². The SMILES string of the molecule is COCCC1(C)CCNC1(C)C. The largest absolute Gasteiger partial charge is 0.385 e. The van der Waals surface area contributed by atoms with E-state index in [0.29, 0.717) is 5.41 Å². The summed E-state index contributed by atoms with van der Waals surface area (Å²) in [6.45, 7) is 8.95. The Kier molecular flexibility index (Phi) is 2.79. The van der Waals surface area contributed by atoms with Gasteiger partial charge in [-0.3, -0.25) is 0 Å². The summed E-state index contributed by atoms with van der Waals surface area (Å²) >= 11 is 0. The van der Waals surface area contributed by atoms with Crippen molar-refractivity contribution in [2.45, 2.75) is 39.2 Å². The van der Waals surface area contributed by atoms with Crippen molar-refractivity contribution in [3.63, 3.8) is 0 Å². The Balaban J connectivity index is 2.56. The third-order valence-electron chi connectivity index (χ3n) is 3.61. The van der Waals surface area contributed by atoms with Crippen molar-refractivity contribution >= 4 is 0 Å². The highest BCUT2D eigenvalue weighted by Crippen LogP contribution is 2.41. The highest BCUT2D eigenvalue weighted by molar-refractivity contribution is 5.01. The van der Waals surface area contributed by atoms with Gasteiger partial charge in [-0.25, -0.2) is 0 Å². The molecule has 0 aromatic heterocycles. The van der Waals surface area contributed by atoms with Crippen molar-refractivity contribution in [1.29, 1.82) is 0 Å². The van der Waals surface area contributed by atoms with E-state index in [1.165, 1.54) is 6.42 Å². The number of rotatable bonds is 3. The highest BCUT2D eigenvalue weighted by Gasteiger charge is 2.44. The van der Waals surface area contributed by atoms with Crippen molar-refractivity contribution < 1.29 is 4.74 Å². The standard InChI is InChI=1S/C10H21NO/c1-9(2)10(3,5-7-11-9)6-8-12-4/h11H,5-8H2,1-4H3. The normalized spacial score (nSPS) is 34.0. The molecule has 0 aromatic carbocycles. The summed E-state index contributed by atoms with van der Waals surface area (Å²) < 4.78 is 5.13. The lowest BCUT2D eigenvalue weighted by Gasteiger charge is -2.38. The minimum Gasteiger partial charge on any atom is -0.385 e. The summed E-state index contributed by atoms with van der Waals surface area (Å²) in [4.78, 5) is 0. The summed E-state index contributed by atoms with van der Waals surface area (Å²) in [6, 6.07) is 0. The molecular formula is C10H21NO. The molecule has 2 nitrogen and oxygen atoms in total. The number of nitrogens with one attached hydrogen (secondary N) is 1. The molecule has 1 unspecified atom stereocenters. The third-order valence-corrected chi connectivity index (χ3v) is 3.61. The van der Waals surface area contributed by atoms with Crippen LogP contribution in [0.2, 0.25) is 0 Å². The smallest absolute Gasteiger partial charge is 0.0468 e. The summed E-state index contributed by atoms with van der Waals surface area (Å²) in [5.41, 5.74) is 0.675. The molecule has 1 atom stereocenters. The van der Waals surface area contributed by atoms with Crippen molar-refractivity contribution in [2.24, 2.45) is 5.41 Å². The molecule has 1 aliphatic heterocycles. The maximum absolute atomic E-state index is 5.13. The average Bonchev–Trinajstić information content (AvgIpc) is 2.24. The summed E-state index contributed by atoms with van der Waals surface area (Å²) in [5, 5.41) is 3.54. The van der Waals surface area contributed by atoms with Gasteiger partial charge in [0.15, 0.2) is 0 Å². The molecule has 0 bridgehead atoms. The Hall–Kier alpha value is -0.0800. The van der Waals surface area contributed by atoms with Crippen LogP contribution in [-0.2, 0) is 4.74 Å². The minimum absolute atomic E-state index is 0.269. The molecule has 12 heavy (non-hydrogen) atoms. The first-order valence-electron chi connectivity index (χ1n) is 4.76. The Bertz CT molecular complexity index is 156. The highest BCUT2D eigenvalue weighted by atomic mass is 16.5. The molecule has 1 saturated heterocycles. The van der Waals surface area contributed by atoms with E-state index < -0.39 is 0 Å². The van der Waals surface area contributed by atoms with Gasteiger partial charge in [0.25, 0.3) is 0 Å².